The lowest BCUT2D eigenvalue weighted by molar-refractivity contribution is 0.622. The minimum absolute atomic E-state index is 0.207. The van der Waals surface area contributed by atoms with Crippen molar-refractivity contribution in [2.75, 3.05) is 36.0 Å². The van der Waals surface area contributed by atoms with Crippen molar-refractivity contribution >= 4 is 11.6 Å². The Kier molecular flexibility index (Phi) is 4.05. The van der Waals surface area contributed by atoms with Crippen molar-refractivity contribution in [3.05, 3.63) is 60.3 Å². The summed E-state index contributed by atoms with van der Waals surface area (Å²) in [4.78, 5) is 13.5. The fraction of sp³-hybridized carbons (Fsp3) is 0.278. The summed E-state index contributed by atoms with van der Waals surface area (Å²) in [5.41, 5.74) is 2.00. The minimum atomic E-state index is -0.207. The van der Waals surface area contributed by atoms with Crippen LogP contribution in [0.2, 0.25) is 0 Å². The quantitative estimate of drug-likeness (QED) is 0.734. The lowest BCUT2D eigenvalue weighted by Gasteiger charge is -2.36. The topological polar surface area (TPSA) is 50.1 Å². The second kappa shape index (κ2) is 6.51. The standard InChI is InChI=1S/C18H19FN6/c1-14-7-9-25(22-14)17-6-8-20-18(21-17)24-12-10-23(11-13-24)16-4-2-15(19)3-5-16/h2-9H,10-13H2,1H3. The number of rotatable bonds is 3. The first-order chi connectivity index (χ1) is 12.2. The van der Waals surface area contributed by atoms with Crippen molar-refractivity contribution in [3.63, 3.8) is 0 Å². The summed E-state index contributed by atoms with van der Waals surface area (Å²) in [5.74, 6) is 1.27. The Morgan fingerprint density at radius 3 is 2.32 bits per heavy atom. The summed E-state index contributed by atoms with van der Waals surface area (Å²) in [7, 11) is 0. The van der Waals surface area contributed by atoms with Crippen LogP contribution in [0.4, 0.5) is 16.0 Å². The van der Waals surface area contributed by atoms with Crippen molar-refractivity contribution in [2.24, 2.45) is 0 Å². The molecule has 6 nitrogen and oxygen atoms in total. The summed E-state index contributed by atoms with van der Waals surface area (Å²) in [5, 5.41) is 4.40. The number of nitrogens with zero attached hydrogens (tertiary/aromatic N) is 6. The SMILES string of the molecule is Cc1ccn(-c2ccnc(N3CCN(c4ccc(F)cc4)CC3)n2)n1. The summed E-state index contributed by atoms with van der Waals surface area (Å²) < 4.78 is 14.8. The second-order valence-corrected chi connectivity index (χ2v) is 6.07. The maximum absolute atomic E-state index is 13.1. The molecule has 0 unspecified atom stereocenters. The molecule has 4 rings (SSSR count). The first-order valence-electron chi connectivity index (χ1n) is 8.30. The molecular formula is C18H19FN6. The van der Waals surface area contributed by atoms with Crippen molar-refractivity contribution < 1.29 is 4.39 Å². The van der Waals surface area contributed by atoms with E-state index in [4.69, 9.17) is 0 Å². The zero-order chi connectivity index (χ0) is 17.2. The smallest absolute Gasteiger partial charge is 0.227 e. The van der Waals surface area contributed by atoms with Gasteiger partial charge in [-0.25, -0.2) is 14.1 Å². The summed E-state index contributed by atoms with van der Waals surface area (Å²) in [6.07, 6.45) is 3.66. The van der Waals surface area contributed by atoms with E-state index in [1.165, 1.54) is 12.1 Å². The van der Waals surface area contributed by atoms with Gasteiger partial charge in [-0.15, -0.1) is 0 Å². The molecule has 7 heteroatoms. The maximum atomic E-state index is 13.1. The number of piperazine rings is 1. The van der Waals surface area contributed by atoms with Crippen LogP contribution in [0.25, 0.3) is 5.82 Å². The van der Waals surface area contributed by atoms with E-state index in [1.54, 1.807) is 10.9 Å². The van der Waals surface area contributed by atoms with E-state index in [2.05, 4.69) is 24.9 Å². The molecule has 1 aliphatic rings. The minimum Gasteiger partial charge on any atom is -0.368 e. The highest BCUT2D eigenvalue weighted by Crippen LogP contribution is 2.19. The molecule has 2 aromatic heterocycles. The van der Waals surface area contributed by atoms with Gasteiger partial charge in [0.1, 0.15) is 5.82 Å². The van der Waals surface area contributed by atoms with Gasteiger partial charge in [0.05, 0.1) is 5.69 Å². The van der Waals surface area contributed by atoms with Crippen LogP contribution < -0.4 is 9.80 Å². The first kappa shape index (κ1) is 15.6. The van der Waals surface area contributed by atoms with E-state index in [9.17, 15) is 4.39 Å². The molecule has 1 aliphatic heterocycles. The predicted molar refractivity (Wildman–Crippen MR) is 94.7 cm³/mol. The summed E-state index contributed by atoms with van der Waals surface area (Å²) >= 11 is 0. The van der Waals surface area contributed by atoms with Gasteiger partial charge in [0, 0.05) is 50.3 Å². The fourth-order valence-electron chi connectivity index (χ4n) is 2.98. The lowest BCUT2D eigenvalue weighted by atomic mass is 10.2. The molecule has 1 aromatic carbocycles. The largest absolute Gasteiger partial charge is 0.368 e. The number of benzene rings is 1. The van der Waals surface area contributed by atoms with Crippen LogP contribution in [0.3, 0.4) is 0 Å². The number of anilines is 2. The van der Waals surface area contributed by atoms with Crippen LogP contribution in [0.1, 0.15) is 5.69 Å². The van der Waals surface area contributed by atoms with E-state index in [0.717, 1.165) is 43.4 Å². The summed E-state index contributed by atoms with van der Waals surface area (Å²) in [6.45, 7) is 5.28. The average molecular weight is 338 g/mol. The van der Waals surface area contributed by atoms with Crippen LogP contribution in [-0.2, 0) is 0 Å². The molecule has 128 valence electrons. The van der Waals surface area contributed by atoms with Crippen molar-refractivity contribution in [1.82, 2.24) is 19.7 Å². The Bertz CT molecular complexity index is 852. The van der Waals surface area contributed by atoms with Gasteiger partial charge in [0.15, 0.2) is 5.82 Å². The zero-order valence-electron chi connectivity index (χ0n) is 14.0. The molecule has 3 aromatic rings. The molecule has 0 saturated carbocycles. The number of hydrogen-bond acceptors (Lipinski definition) is 5. The van der Waals surface area contributed by atoms with Gasteiger partial charge in [-0.2, -0.15) is 10.1 Å². The number of halogens is 1. The number of hydrogen-bond donors (Lipinski definition) is 0. The molecule has 0 N–H and O–H groups in total. The van der Waals surface area contributed by atoms with E-state index in [1.807, 2.05) is 37.4 Å². The zero-order valence-corrected chi connectivity index (χ0v) is 14.0. The Hall–Kier alpha value is -2.96. The lowest BCUT2D eigenvalue weighted by Crippen LogP contribution is -2.47. The molecule has 0 aliphatic carbocycles. The Morgan fingerprint density at radius 2 is 1.64 bits per heavy atom. The number of aryl methyl sites for hydroxylation is 1. The molecule has 0 radical (unpaired) electrons. The Labute approximate surface area is 145 Å². The third-order valence-corrected chi connectivity index (χ3v) is 4.34. The highest BCUT2D eigenvalue weighted by Gasteiger charge is 2.19. The molecule has 1 saturated heterocycles. The summed E-state index contributed by atoms with van der Waals surface area (Å²) in [6, 6.07) is 10.4. The first-order valence-corrected chi connectivity index (χ1v) is 8.30. The molecule has 0 atom stereocenters. The Morgan fingerprint density at radius 1 is 0.920 bits per heavy atom. The van der Waals surface area contributed by atoms with Crippen LogP contribution in [0.5, 0.6) is 0 Å². The van der Waals surface area contributed by atoms with Crippen molar-refractivity contribution in [2.45, 2.75) is 6.92 Å². The molecular weight excluding hydrogens is 319 g/mol. The van der Waals surface area contributed by atoms with Gasteiger partial charge in [-0.05, 0) is 37.3 Å². The molecule has 25 heavy (non-hydrogen) atoms. The van der Waals surface area contributed by atoms with Gasteiger partial charge in [0.2, 0.25) is 5.95 Å². The maximum Gasteiger partial charge on any atom is 0.227 e. The van der Waals surface area contributed by atoms with E-state index < -0.39 is 0 Å². The molecule has 0 amide bonds. The van der Waals surface area contributed by atoms with Gasteiger partial charge < -0.3 is 9.80 Å². The highest BCUT2D eigenvalue weighted by atomic mass is 19.1. The normalized spacial score (nSPS) is 14.8. The monoisotopic (exact) mass is 338 g/mol. The van der Waals surface area contributed by atoms with Crippen LogP contribution in [-0.4, -0.2) is 45.9 Å². The van der Waals surface area contributed by atoms with Gasteiger partial charge in [-0.3, -0.25) is 0 Å². The molecule has 1 fully saturated rings. The van der Waals surface area contributed by atoms with Crippen molar-refractivity contribution in [3.8, 4) is 5.82 Å². The van der Waals surface area contributed by atoms with E-state index in [-0.39, 0.29) is 5.82 Å². The number of aromatic nitrogens is 4. The third kappa shape index (κ3) is 3.31. The van der Waals surface area contributed by atoms with Gasteiger partial charge >= 0.3 is 0 Å². The predicted octanol–water partition coefficient (Wildman–Crippen LogP) is 2.44. The average Bonchev–Trinajstić information content (AvgIpc) is 3.09. The molecule has 0 spiro atoms. The van der Waals surface area contributed by atoms with E-state index >= 15 is 0 Å². The van der Waals surface area contributed by atoms with Crippen LogP contribution >= 0.6 is 0 Å². The van der Waals surface area contributed by atoms with Gasteiger partial charge in [-0.1, -0.05) is 0 Å². The van der Waals surface area contributed by atoms with Gasteiger partial charge in [0.25, 0.3) is 0 Å². The molecule has 3 heterocycles. The van der Waals surface area contributed by atoms with Crippen LogP contribution in [0.15, 0.2) is 48.8 Å². The highest BCUT2D eigenvalue weighted by molar-refractivity contribution is 5.48. The van der Waals surface area contributed by atoms with E-state index in [0.29, 0.717) is 5.95 Å². The molecule has 0 bridgehead atoms. The fourth-order valence-corrected chi connectivity index (χ4v) is 2.98. The third-order valence-electron chi connectivity index (χ3n) is 4.34. The van der Waals surface area contributed by atoms with Crippen molar-refractivity contribution in [1.29, 1.82) is 0 Å². The van der Waals surface area contributed by atoms with Crippen LogP contribution in [0, 0.1) is 12.7 Å². The second-order valence-electron chi connectivity index (χ2n) is 6.07. The Balaban J connectivity index is 1.46.